The third kappa shape index (κ3) is 4.65. The van der Waals surface area contributed by atoms with Crippen molar-refractivity contribution in [3.63, 3.8) is 0 Å². The van der Waals surface area contributed by atoms with Gasteiger partial charge in [-0.05, 0) is 23.3 Å². The van der Waals surface area contributed by atoms with E-state index in [1.165, 1.54) is 23.3 Å². The molecule has 8 nitrogen and oxygen atoms in total. The highest BCUT2D eigenvalue weighted by atomic mass is 16.6. The highest BCUT2D eigenvalue weighted by Crippen LogP contribution is 2.26. The molecule has 1 amide bonds. The summed E-state index contributed by atoms with van der Waals surface area (Å²) in [5.41, 5.74) is 2.49. The molecule has 0 atom stereocenters. The van der Waals surface area contributed by atoms with Gasteiger partial charge in [-0.3, -0.25) is 19.8 Å². The second-order valence-electron chi connectivity index (χ2n) is 7.24. The number of piperazine rings is 1. The normalized spacial score (nSPS) is 16.2. The van der Waals surface area contributed by atoms with E-state index in [1.807, 2.05) is 6.07 Å². The van der Waals surface area contributed by atoms with Crippen LogP contribution >= 0.6 is 0 Å². The smallest absolute Gasteiger partial charge is 0.273 e. The Hall–Kier alpha value is -3.13. The molecular weight excluding hydrogens is 374 g/mol. The van der Waals surface area contributed by atoms with Gasteiger partial charge in [-0.2, -0.15) is 0 Å². The van der Waals surface area contributed by atoms with Crippen LogP contribution in [0, 0.1) is 10.1 Å². The van der Waals surface area contributed by atoms with Crippen molar-refractivity contribution in [3.05, 3.63) is 63.7 Å². The summed E-state index contributed by atoms with van der Waals surface area (Å²) in [6, 6.07) is 12.2. The second kappa shape index (κ2) is 8.48. The lowest BCUT2D eigenvalue weighted by atomic mass is 10.1. The lowest BCUT2D eigenvalue weighted by Gasteiger charge is -2.34. The van der Waals surface area contributed by atoms with Crippen molar-refractivity contribution in [3.8, 4) is 11.5 Å². The number of hydrogen-bond acceptors (Lipinski definition) is 6. The minimum atomic E-state index is -0.484. The molecular formula is C21H23N3O5. The number of nitro groups is 1. The highest BCUT2D eigenvalue weighted by molar-refractivity contribution is 5.77. The molecule has 0 radical (unpaired) electrons. The molecule has 1 fully saturated rings. The minimum Gasteiger partial charge on any atom is -0.493 e. The van der Waals surface area contributed by atoms with Gasteiger partial charge in [-0.1, -0.05) is 18.2 Å². The number of non-ortho nitro benzene ring substituents is 1. The largest absolute Gasteiger partial charge is 0.493 e. The molecule has 0 unspecified atom stereocenters. The van der Waals surface area contributed by atoms with Crippen molar-refractivity contribution in [2.75, 3.05) is 39.4 Å². The predicted molar refractivity (Wildman–Crippen MR) is 106 cm³/mol. The first-order valence-corrected chi connectivity index (χ1v) is 9.70. The molecule has 2 aliphatic heterocycles. The van der Waals surface area contributed by atoms with E-state index < -0.39 is 4.92 Å². The fourth-order valence-electron chi connectivity index (χ4n) is 3.68. The van der Waals surface area contributed by atoms with Crippen LogP contribution < -0.4 is 9.47 Å². The van der Waals surface area contributed by atoms with Gasteiger partial charge in [-0.15, -0.1) is 0 Å². The molecule has 2 aromatic rings. The monoisotopic (exact) mass is 397 g/mol. The third-order valence-corrected chi connectivity index (χ3v) is 5.28. The van der Waals surface area contributed by atoms with E-state index >= 15 is 0 Å². The third-order valence-electron chi connectivity index (χ3n) is 5.28. The van der Waals surface area contributed by atoms with Gasteiger partial charge in [-0.25, -0.2) is 0 Å². The Morgan fingerprint density at radius 1 is 1.14 bits per heavy atom. The molecule has 0 aliphatic carbocycles. The lowest BCUT2D eigenvalue weighted by molar-refractivity contribution is -0.384. The summed E-state index contributed by atoms with van der Waals surface area (Å²) in [4.78, 5) is 26.9. The Kier molecular flexibility index (Phi) is 5.62. The summed E-state index contributed by atoms with van der Waals surface area (Å²) < 4.78 is 11.0. The Morgan fingerprint density at radius 2 is 1.97 bits per heavy atom. The van der Waals surface area contributed by atoms with Crippen LogP contribution in [-0.2, 0) is 17.8 Å². The van der Waals surface area contributed by atoms with Crippen LogP contribution in [0.1, 0.15) is 11.1 Å². The van der Waals surface area contributed by atoms with Crippen LogP contribution in [0.4, 0.5) is 5.69 Å². The van der Waals surface area contributed by atoms with Crippen LogP contribution in [0.25, 0.3) is 0 Å². The Morgan fingerprint density at radius 3 is 2.76 bits per heavy atom. The molecule has 152 valence electrons. The van der Waals surface area contributed by atoms with Gasteiger partial charge in [0.25, 0.3) is 11.6 Å². The van der Waals surface area contributed by atoms with Crippen molar-refractivity contribution in [2.24, 2.45) is 0 Å². The molecule has 0 saturated carbocycles. The van der Waals surface area contributed by atoms with Crippen LogP contribution in [-0.4, -0.2) is 60.0 Å². The summed E-state index contributed by atoms with van der Waals surface area (Å²) >= 11 is 0. The lowest BCUT2D eigenvalue weighted by Crippen LogP contribution is -2.49. The number of amides is 1. The molecule has 0 N–H and O–H groups in total. The number of rotatable bonds is 6. The topological polar surface area (TPSA) is 85.1 Å². The van der Waals surface area contributed by atoms with E-state index in [1.54, 1.807) is 17.0 Å². The molecule has 0 spiro atoms. The van der Waals surface area contributed by atoms with E-state index in [4.69, 9.17) is 9.47 Å². The molecule has 2 aromatic carbocycles. The Balaban J connectivity index is 1.24. The van der Waals surface area contributed by atoms with Crippen molar-refractivity contribution < 1.29 is 19.2 Å². The van der Waals surface area contributed by atoms with Gasteiger partial charge in [0.1, 0.15) is 11.5 Å². The Labute approximate surface area is 168 Å². The number of carbonyl (C=O) groups is 1. The van der Waals surface area contributed by atoms with E-state index in [0.717, 1.165) is 38.4 Å². The number of carbonyl (C=O) groups excluding carboxylic acids is 1. The first kappa shape index (κ1) is 19.2. The van der Waals surface area contributed by atoms with E-state index in [2.05, 4.69) is 17.0 Å². The van der Waals surface area contributed by atoms with Crippen molar-refractivity contribution in [2.45, 2.75) is 13.0 Å². The van der Waals surface area contributed by atoms with E-state index in [0.29, 0.717) is 18.8 Å². The number of nitro benzene ring substituents is 1. The standard InChI is InChI=1S/C21H23N3O5/c25-21(15-29-19-3-1-2-18(13-19)24(26)27)23-9-7-22(8-10-23)14-16-4-5-20-17(12-16)6-11-28-20/h1-5,12-13H,6-11,14-15H2. The molecule has 29 heavy (non-hydrogen) atoms. The molecule has 0 bridgehead atoms. The number of nitrogens with zero attached hydrogens (tertiary/aromatic N) is 3. The Bertz CT molecular complexity index is 909. The maximum absolute atomic E-state index is 12.4. The number of fused-ring (bicyclic) bond motifs is 1. The minimum absolute atomic E-state index is 0.0540. The SMILES string of the molecule is O=C(COc1cccc([N+](=O)[O-])c1)N1CCN(Cc2ccc3c(c2)CCO3)CC1. The predicted octanol–water partition coefficient (Wildman–Crippen LogP) is 2.25. The van der Waals surface area contributed by atoms with Gasteiger partial charge in [0.05, 0.1) is 17.6 Å². The number of ether oxygens (including phenoxy) is 2. The van der Waals surface area contributed by atoms with Gasteiger partial charge in [0.2, 0.25) is 0 Å². The van der Waals surface area contributed by atoms with E-state index in [9.17, 15) is 14.9 Å². The maximum Gasteiger partial charge on any atom is 0.273 e. The quantitative estimate of drug-likeness (QED) is 0.549. The van der Waals surface area contributed by atoms with Crippen molar-refractivity contribution >= 4 is 11.6 Å². The highest BCUT2D eigenvalue weighted by Gasteiger charge is 2.22. The fourth-order valence-corrected chi connectivity index (χ4v) is 3.68. The summed E-state index contributed by atoms with van der Waals surface area (Å²) in [6.45, 7) is 4.39. The van der Waals surface area contributed by atoms with E-state index in [-0.39, 0.29) is 18.2 Å². The average Bonchev–Trinajstić information content (AvgIpc) is 3.20. The maximum atomic E-state index is 12.4. The molecule has 1 saturated heterocycles. The summed E-state index contributed by atoms with van der Waals surface area (Å²) in [6.07, 6.45) is 0.968. The van der Waals surface area contributed by atoms with Gasteiger partial charge in [0.15, 0.2) is 6.61 Å². The van der Waals surface area contributed by atoms with Gasteiger partial charge in [0, 0.05) is 45.2 Å². The zero-order valence-corrected chi connectivity index (χ0v) is 16.1. The molecule has 2 heterocycles. The zero-order chi connectivity index (χ0) is 20.2. The van der Waals surface area contributed by atoms with Crippen LogP contribution in [0.5, 0.6) is 11.5 Å². The summed E-state index contributed by atoms with van der Waals surface area (Å²) in [5, 5.41) is 10.8. The summed E-state index contributed by atoms with van der Waals surface area (Å²) in [7, 11) is 0. The van der Waals surface area contributed by atoms with Crippen molar-refractivity contribution in [1.82, 2.24) is 9.80 Å². The molecule has 4 rings (SSSR count). The first-order valence-electron chi connectivity index (χ1n) is 9.70. The fraction of sp³-hybridized carbons (Fsp3) is 0.381. The molecule has 8 heteroatoms. The number of hydrogen-bond donors (Lipinski definition) is 0. The molecule has 2 aliphatic rings. The average molecular weight is 397 g/mol. The van der Waals surface area contributed by atoms with Gasteiger partial charge >= 0.3 is 0 Å². The van der Waals surface area contributed by atoms with Crippen molar-refractivity contribution in [1.29, 1.82) is 0 Å². The van der Waals surface area contributed by atoms with Crippen LogP contribution in [0.2, 0.25) is 0 Å². The van der Waals surface area contributed by atoms with Gasteiger partial charge < -0.3 is 14.4 Å². The van der Waals surface area contributed by atoms with Crippen LogP contribution in [0.15, 0.2) is 42.5 Å². The zero-order valence-electron chi connectivity index (χ0n) is 16.1. The second-order valence-corrected chi connectivity index (χ2v) is 7.24. The summed E-state index contributed by atoms with van der Waals surface area (Å²) in [5.74, 6) is 1.21. The molecule has 0 aromatic heterocycles. The van der Waals surface area contributed by atoms with Crippen LogP contribution in [0.3, 0.4) is 0 Å². The number of benzene rings is 2. The first-order chi connectivity index (χ1) is 14.1.